The Balaban J connectivity index is 1.94. The molecule has 2 aromatic rings. The maximum atomic E-state index is 13.5. The summed E-state index contributed by atoms with van der Waals surface area (Å²) in [7, 11) is 1.86. The molecule has 4 nitrogen and oxygen atoms in total. The minimum Gasteiger partial charge on any atom is -0.387 e. The molecule has 0 unspecified atom stereocenters. The van der Waals surface area contributed by atoms with Crippen molar-refractivity contribution in [1.29, 1.82) is 0 Å². The van der Waals surface area contributed by atoms with E-state index < -0.39 is 12.1 Å². The summed E-state index contributed by atoms with van der Waals surface area (Å²) in [5.74, 6) is -0.393. The molecule has 0 bridgehead atoms. The van der Waals surface area contributed by atoms with Gasteiger partial charge in [0, 0.05) is 23.2 Å². The van der Waals surface area contributed by atoms with E-state index in [1.807, 2.05) is 31.3 Å². The van der Waals surface area contributed by atoms with Crippen molar-refractivity contribution in [3.05, 3.63) is 47.9 Å². The molecule has 0 atom stereocenters. The molecule has 110 valence electrons. The van der Waals surface area contributed by atoms with Gasteiger partial charge in [0.05, 0.1) is 19.4 Å². The number of nitrogens with one attached hydrogen (secondary N) is 1. The van der Waals surface area contributed by atoms with Crippen LogP contribution in [-0.2, 0) is 9.47 Å². The number of hydrogen-bond acceptors (Lipinski definition) is 5. The quantitative estimate of drug-likeness (QED) is 0.937. The Kier molecular flexibility index (Phi) is 4.38. The van der Waals surface area contributed by atoms with Crippen molar-refractivity contribution < 1.29 is 13.9 Å². The third kappa shape index (κ3) is 3.18. The molecule has 0 aliphatic carbocycles. The van der Waals surface area contributed by atoms with Crippen LogP contribution in [0.2, 0.25) is 0 Å². The SMILES string of the molecule is CNc1ccccc1Sc1ncc(F)cc1C1OCCO1. The van der Waals surface area contributed by atoms with Gasteiger partial charge < -0.3 is 14.8 Å². The second-order valence-corrected chi connectivity index (χ2v) is 5.50. The maximum absolute atomic E-state index is 13.5. The van der Waals surface area contributed by atoms with Crippen molar-refractivity contribution >= 4 is 17.4 Å². The van der Waals surface area contributed by atoms with Crippen LogP contribution in [0.3, 0.4) is 0 Å². The number of pyridine rings is 1. The third-order valence-corrected chi connectivity index (χ3v) is 4.19. The summed E-state index contributed by atoms with van der Waals surface area (Å²) in [5.41, 5.74) is 1.62. The standard InChI is InChI=1S/C15H15FN2O2S/c1-17-12-4-2-3-5-13(12)21-14-11(8-10(16)9-18-14)15-19-6-7-20-15/h2-5,8-9,15,17H,6-7H2,1H3. The van der Waals surface area contributed by atoms with Gasteiger partial charge in [-0.3, -0.25) is 0 Å². The zero-order valence-corrected chi connectivity index (χ0v) is 12.3. The molecule has 0 amide bonds. The Morgan fingerprint density at radius 1 is 1.29 bits per heavy atom. The van der Waals surface area contributed by atoms with Crippen LogP contribution in [0.4, 0.5) is 10.1 Å². The lowest BCUT2D eigenvalue weighted by molar-refractivity contribution is -0.0466. The van der Waals surface area contributed by atoms with Crippen LogP contribution in [-0.4, -0.2) is 25.2 Å². The Hall–Kier alpha value is -1.63. The number of anilines is 1. The highest BCUT2D eigenvalue weighted by Gasteiger charge is 2.23. The van der Waals surface area contributed by atoms with E-state index in [2.05, 4.69) is 10.3 Å². The van der Waals surface area contributed by atoms with E-state index in [-0.39, 0.29) is 0 Å². The van der Waals surface area contributed by atoms with Gasteiger partial charge in [-0.05, 0) is 18.2 Å². The van der Waals surface area contributed by atoms with Crippen LogP contribution in [0.15, 0.2) is 46.5 Å². The Morgan fingerprint density at radius 3 is 2.81 bits per heavy atom. The molecule has 3 rings (SSSR count). The van der Waals surface area contributed by atoms with Gasteiger partial charge in [0.15, 0.2) is 6.29 Å². The van der Waals surface area contributed by atoms with Crippen LogP contribution in [0, 0.1) is 5.82 Å². The first-order valence-corrected chi connectivity index (χ1v) is 7.43. The number of aromatic nitrogens is 1. The number of ether oxygens (including phenoxy) is 2. The van der Waals surface area contributed by atoms with Gasteiger partial charge in [-0.15, -0.1) is 0 Å². The first kappa shape index (κ1) is 14.3. The Labute approximate surface area is 126 Å². The summed E-state index contributed by atoms with van der Waals surface area (Å²) in [5, 5.41) is 3.82. The van der Waals surface area contributed by atoms with E-state index in [1.165, 1.54) is 24.0 Å². The average molecular weight is 306 g/mol. The van der Waals surface area contributed by atoms with E-state index >= 15 is 0 Å². The smallest absolute Gasteiger partial charge is 0.186 e. The fourth-order valence-electron chi connectivity index (χ4n) is 2.10. The largest absolute Gasteiger partial charge is 0.387 e. The van der Waals surface area contributed by atoms with Crippen molar-refractivity contribution in [3.63, 3.8) is 0 Å². The predicted molar refractivity (Wildman–Crippen MR) is 79.0 cm³/mol. The van der Waals surface area contributed by atoms with Gasteiger partial charge in [0.1, 0.15) is 10.8 Å². The van der Waals surface area contributed by atoms with Gasteiger partial charge in [0.25, 0.3) is 0 Å². The highest BCUT2D eigenvalue weighted by Crippen LogP contribution is 2.37. The minimum atomic E-state index is -0.544. The normalized spacial score (nSPS) is 15.3. The monoisotopic (exact) mass is 306 g/mol. The number of hydrogen-bond donors (Lipinski definition) is 1. The van der Waals surface area contributed by atoms with Crippen LogP contribution < -0.4 is 5.32 Å². The number of para-hydroxylation sites is 1. The van der Waals surface area contributed by atoms with E-state index in [4.69, 9.17) is 9.47 Å². The number of rotatable bonds is 4. The van der Waals surface area contributed by atoms with Crippen molar-refractivity contribution in [1.82, 2.24) is 4.98 Å². The molecule has 1 aromatic heterocycles. The van der Waals surface area contributed by atoms with Crippen LogP contribution in [0.5, 0.6) is 0 Å². The van der Waals surface area contributed by atoms with Gasteiger partial charge in [-0.2, -0.15) is 0 Å². The summed E-state index contributed by atoms with van der Waals surface area (Å²) in [4.78, 5) is 5.21. The first-order valence-electron chi connectivity index (χ1n) is 6.61. The molecule has 21 heavy (non-hydrogen) atoms. The Morgan fingerprint density at radius 2 is 2.05 bits per heavy atom. The molecule has 0 saturated carbocycles. The van der Waals surface area contributed by atoms with Gasteiger partial charge >= 0.3 is 0 Å². The van der Waals surface area contributed by atoms with Crippen molar-refractivity contribution in [2.75, 3.05) is 25.6 Å². The van der Waals surface area contributed by atoms with Gasteiger partial charge in [-0.1, -0.05) is 23.9 Å². The molecule has 2 heterocycles. The molecule has 0 radical (unpaired) electrons. The summed E-state index contributed by atoms with van der Waals surface area (Å²) >= 11 is 1.46. The molecule has 1 N–H and O–H groups in total. The molecule has 1 aliphatic heterocycles. The van der Waals surface area contributed by atoms with E-state index in [0.717, 1.165) is 10.6 Å². The molecular weight excluding hydrogens is 291 g/mol. The lowest BCUT2D eigenvalue weighted by Gasteiger charge is -2.14. The fraction of sp³-hybridized carbons (Fsp3) is 0.267. The van der Waals surface area contributed by atoms with Crippen LogP contribution in [0.1, 0.15) is 11.9 Å². The predicted octanol–water partition coefficient (Wildman–Crippen LogP) is 3.46. The maximum Gasteiger partial charge on any atom is 0.186 e. The molecule has 0 spiro atoms. The Bertz CT molecular complexity index is 633. The van der Waals surface area contributed by atoms with E-state index in [1.54, 1.807) is 0 Å². The van der Waals surface area contributed by atoms with Gasteiger partial charge in [0.2, 0.25) is 0 Å². The summed E-state index contributed by atoms with van der Waals surface area (Å²) in [6, 6.07) is 9.30. The molecule has 1 aliphatic rings. The molecular formula is C15H15FN2O2S. The third-order valence-electron chi connectivity index (χ3n) is 3.08. The molecule has 1 saturated heterocycles. The fourth-order valence-corrected chi connectivity index (χ4v) is 3.11. The number of nitrogens with zero attached hydrogens (tertiary/aromatic N) is 1. The summed E-state index contributed by atoms with van der Waals surface area (Å²) in [6.45, 7) is 1.02. The number of halogens is 1. The van der Waals surface area contributed by atoms with Crippen molar-refractivity contribution in [2.24, 2.45) is 0 Å². The minimum absolute atomic E-state index is 0.393. The lowest BCUT2D eigenvalue weighted by Crippen LogP contribution is -2.03. The van der Waals surface area contributed by atoms with E-state index in [0.29, 0.717) is 23.8 Å². The zero-order valence-electron chi connectivity index (χ0n) is 11.5. The summed E-state index contributed by atoms with van der Waals surface area (Å²) in [6.07, 6.45) is 0.667. The zero-order chi connectivity index (χ0) is 14.7. The summed E-state index contributed by atoms with van der Waals surface area (Å²) < 4.78 is 24.4. The molecule has 6 heteroatoms. The number of benzene rings is 1. The van der Waals surface area contributed by atoms with Gasteiger partial charge in [-0.25, -0.2) is 9.37 Å². The first-order chi connectivity index (χ1) is 10.3. The van der Waals surface area contributed by atoms with E-state index in [9.17, 15) is 4.39 Å². The second-order valence-electron chi connectivity index (χ2n) is 4.47. The highest BCUT2D eigenvalue weighted by atomic mass is 32.2. The topological polar surface area (TPSA) is 43.4 Å². The van der Waals surface area contributed by atoms with Crippen LogP contribution in [0.25, 0.3) is 0 Å². The molecule has 1 aromatic carbocycles. The highest BCUT2D eigenvalue weighted by molar-refractivity contribution is 7.99. The lowest BCUT2D eigenvalue weighted by atomic mass is 10.3. The molecule has 1 fully saturated rings. The van der Waals surface area contributed by atoms with Crippen LogP contribution >= 0.6 is 11.8 Å². The second kappa shape index (κ2) is 6.43. The van der Waals surface area contributed by atoms with Crippen molar-refractivity contribution in [3.8, 4) is 0 Å². The average Bonchev–Trinajstić information content (AvgIpc) is 3.04. The van der Waals surface area contributed by atoms with Crippen molar-refractivity contribution in [2.45, 2.75) is 16.2 Å².